The van der Waals surface area contributed by atoms with Crippen LogP contribution >= 0.6 is 0 Å². The molecule has 2 atom stereocenters. The molecule has 2 rings (SSSR count). The number of rotatable bonds is 6. The number of ether oxygens (including phenoxy) is 2. The fraction of sp³-hybridized carbons (Fsp3) is 0.571. The summed E-state index contributed by atoms with van der Waals surface area (Å²) >= 11 is 0. The van der Waals surface area contributed by atoms with Crippen molar-refractivity contribution in [2.45, 2.75) is 17.0 Å². The molecule has 1 fully saturated rings. The Balaban J connectivity index is 2.58. The Labute approximate surface area is 147 Å². The lowest BCUT2D eigenvalue weighted by molar-refractivity contribution is 0.0270. The summed E-state index contributed by atoms with van der Waals surface area (Å²) in [5, 5.41) is 11.4. The number of hydrogen-bond acceptors (Lipinski definition) is 8. The third kappa shape index (κ3) is 3.90. The molecule has 9 nitrogen and oxygen atoms in total. The third-order valence-corrected chi connectivity index (χ3v) is 7.53. The van der Waals surface area contributed by atoms with E-state index in [0.717, 1.165) is 4.41 Å². The highest BCUT2D eigenvalue weighted by Crippen LogP contribution is 2.33. The molecule has 0 aromatic heterocycles. The molecule has 0 radical (unpaired) electrons. The van der Waals surface area contributed by atoms with Gasteiger partial charge < -0.3 is 14.6 Å². The van der Waals surface area contributed by atoms with Crippen molar-refractivity contribution in [1.29, 1.82) is 0 Å². The molecule has 25 heavy (non-hydrogen) atoms. The van der Waals surface area contributed by atoms with Gasteiger partial charge in [0.25, 0.3) is 10.0 Å². The van der Waals surface area contributed by atoms with Gasteiger partial charge in [-0.05, 0) is 12.1 Å². The zero-order valence-corrected chi connectivity index (χ0v) is 16.0. The zero-order chi connectivity index (χ0) is 19.0. The molecule has 1 aliphatic rings. The van der Waals surface area contributed by atoms with E-state index in [0.29, 0.717) is 5.75 Å². The third-order valence-electron chi connectivity index (χ3n) is 3.87. The molecule has 1 saturated heterocycles. The fourth-order valence-electron chi connectivity index (χ4n) is 2.80. The molecule has 1 aromatic carbocycles. The Bertz CT molecular complexity index is 837. The van der Waals surface area contributed by atoms with E-state index in [1.807, 2.05) is 0 Å². The Morgan fingerprint density at radius 1 is 1.16 bits per heavy atom. The molecule has 1 aromatic rings. The molecular weight excluding hydrogens is 372 g/mol. The van der Waals surface area contributed by atoms with Gasteiger partial charge in [0.05, 0.1) is 37.9 Å². The molecule has 11 heteroatoms. The van der Waals surface area contributed by atoms with Gasteiger partial charge in [-0.1, -0.05) is 0 Å². The topological polar surface area (TPSA) is 113 Å². The van der Waals surface area contributed by atoms with Gasteiger partial charge in [-0.15, -0.1) is 4.41 Å². The smallest absolute Gasteiger partial charge is 0.260 e. The maximum Gasteiger partial charge on any atom is 0.260 e. The first kappa shape index (κ1) is 19.9. The number of methoxy groups -OCH3 is 2. The Hall–Kier alpha value is -1.40. The number of nitrogens with zero attached hydrogens (tertiary/aromatic N) is 2. The second-order valence-corrected chi connectivity index (χ2v) is 9.77. The summed E-state index contributed by atoms with van der Waals surface area (Å²) < 4.78 is 61.1. The Morgan fingerprint density at radius 3 is 2.24 bits per heavy atom. The van der Waals surface area contributed by atoms with Crippen LogP contribution in [-0.4, -0.2) is 83.3 Å². The van der Waals surface area contributed by atoms with Crippen molar-refractivity contribution in [2.75, 3.05) is 39.8 Å². The molecule has 0 amide bonds. The number of sulfone groups is 1. The van der Waals surface area contributed by atoms with Crippen LogP contribution in [0.3, 0.4) is 0 Å². The average molecular weight is 394 g/mol. The Morgan fingerprint density at radius 2 is 1.80 bits per heavy atom. The van der Waals surface area contributed by atoms with E-state index in [9.17, 15) is 21.9 Å². The molecule has 142 valence electrons. The van der Waals surface area contributed by atoms with Crippen LogP contribution in [0.15, 0.2) is 23.1 Å². The molecule has 1 N–H and O–H groups in total. The van der Waals surface area contributed by atoms with Gasteiger partial charge in [-0.25, -0.2) is 21.8 Å². The van der Waals surface area contributed by atoms with E-state index in [4.69, 9.17) is 9.47 Å². The second kappa shape index (κ2) is 7.08. The molecule has 0 unspecified atom stereocenters. The summed E-state index contributed by atoms with van der Waals surface area (Å²) in [6.45, 7) is 0. The molecule has 1 aliphatic heterocycles. The lowest BCUT2D eigenvalue weighted by atomic mass is 10.2. The van der Waals surface area contributed by atoms with Crippen molar-refractivity contribution in [3.8, 4) is 11.5 Å². The van der Waals surface area contributed by atoms with Crippen LogP contribution in [0, 0.1) is 0 Å². The standard InChI is InChI=1S/C14H22N2O7S2/c1-15(2)16(11-8-24(18,19)9-12(11)17)25(20,21)14-7-10(22-3)5-6-13(14)23-4/h5-7,11-12,17H,8-9H2,1-4H3/t11-,12-/m0/s1. The van der Waals surface area contributed by atoms with Crippen LogP contribution in [0.1, 0.15) is 0 Å². The summed E-state index contributed by atoms with van der Waals surface area (Å²) in [6.07, 6.45) is -1.32. The minimum atomic E-state index is -4.21. The van der Waals surface area contributed by atoms with Crippen LogP contribution < -0.4 is 9.47 Å². The first-order valence-corrected chi connectivity index (χ1v) is 10.6. The van der Waals surface area contributed by atoms with Gasteiger partial charge in [0.1, 0.15) is 16.4 Å². The van der Waals surface area contributed by atoms with Crippen molar-refractivity contribution < 1.29 is 31.4 Å². The second-order valence-electron chi connectivity index (χ2n) is 5.85. The lowest BCUT2D eigenvalue weighted by Crippen LogP contribution is -2.53. The average Bonchev–Trinajstić information content (AvgIpc) is 2.78. The minimum Gasteiger partial charge on any atom is -0.497 e. The van der Waals surface area contributed by atoms with Crippen LogP contribution in [0.2, 0.25) is 0 Å². The van der Waals surface area contributed by atoms with E-state index in [2.05, 4.69) is 0 Å². The summed E-state index contributed by atoms with van der Waals surface area (Å²) in [7, 11) is -2.10. The molecule has 0 spiro atoms. The van der Waals surface area contributed by atoms with E-state index in [1.165, 1.54) is 45.5 Å². The lowest BCUT2D eigenvalue weighted by Gasteiger charge is -2.34. The number of aliphatic hydroxyl groups is 1. The number of sulfonamides is 1. The normalized spacial score (nSPS) is 23.2. The van der Waals surface area contributed by atoms with Gasteiger partial charge in [0, 0.05) is 20.2 Å². The quantitative estimate of drug-likeness (QED) is 0.632. The van der Waals surface area contributed by atoms with Crippen molar-refractivity contribution in [3.63, 3.8) is 0 Å². The van der Waals surface area contributed by atoms with Crippen LogP contribution in [0.25, 0.3) is 0 Å². The predicted molar refractivity (Wildman–Crippen MR) is 90.7 cm³/mol. The fourth-order valence-corrected chi connectivity index (χ4v) is 6.53. The highest BCUT2D eigenvalue weighted by molar-refractivity contribution is 7.92. The molecule has 1 heterocycles. The maximum atomic E-state index is 13.2. The predicted octanol–water partition coefficient (Wildman–Crippen LogP) is -0.671. The van der Waals surface area contributed by atoms with Crippen molar-refractivity contribution >= 4 is 19.9 Å². The Kier molecular flexibility index (Phi) is 5.64. The zero-order valence-electron chi connectivity index (χ0n) is 14.4. The summed E-state index contributed by atoms with van der Waals surface area (Å²) in [4.78, 5) is -0.181. The number of hydrogen-bond donors (Lipinski definition) is 1. The van der Waals surface area contributed by atoms with Gasteiger partial charge in [0.2, 0.25) is 0 Å². The summed E-state index contributed by atoms with van der Waals surface area (Å²) in [5.74, 6) is -0.550. The molecule has 0 bridgehead atoms. The van der Waals surface area contributed by atoms with Crippen LogP contribution in [0.4, 0.5) is 0 Å². The summed E-state index contributed by atoms with van der Waals surface area (Å²) in [5.41, 5.74) is 0. The van der Waals surface area contributed by atoms with E-state index >= 15 is 0 Å². The van der Waals surface area contributed by atoms with Gasteiger partial charge in [-0.2, -0.15) is 0 Å². The highest BCUT2D eigenvalue weighted by atomic mass is 32.2. The molecule has 0 aliphatic carbocycles. The van der Waals surface area contributed by atoms with Crippen LogP contribution in [0.5, 0.6) is 11.5 Å². The number of hydrazine groups is 1. The number of aliphatic hydroxyl groups excluding tert-OH is 1. The highest BCUT2D eigenvalue weighted by Gasteiger charge is 2.46. The molecule has 0 saturated carbocycles. The molecular formula is C14H22N2O7S2. The summed E-state index contributed by atoms with van der Waals surface area (Å²) in [6, 6.07) is 3.16. The largest absolute Gasteiger partial charge is 0.497 e. The van der Waals surface area contributed by atoms with Gasteiger partial charge >= 0.3 is 0 Å². The van der Waals surface area contributed by atoms with E-state index in [1.54, 1.807) is 6.07 Å². The minimum absolute atomic E-state index is 0.0861. The van der Waals surface area contributed by atoms with Crippen molar-refractivity contribution in [1.82, 2.24) is 9.42 Å². The SMILES string of the molecule is COc1ccc(OC)c(S(=O)(=O)N([C@H]2CS(=O)(=O)C[C@@H]2O)N(C)C)c1. The van der Waals surface area contributed by atoms with Gasteiger partial charge in [-0.3, -0.25) is 0 Å². The monoisotopic (exact) mass is 394 g/mol. The maximum absolute atomic E-state index is 13.2. The first-order valence-electron chi connectivity index (χ1n) is 7.35. The van der Waals surface area contributed by atoms with E-state index < -0.39 is 43.5 Å². The van der Waals surface area contributed by atoms with Gasteiger partial charge in [0.15, 0.2) is 9.84 Å². The van der Waals surface area contributed by atoms with Crippen molar-refractivity contribution in [2.24, 2.45) is 0 Å². The van der Waals surface area contributed by atoms with E-state index in [-0.39, 0.29) is 10.6 Å². The van der Waals surface area contributed by atoms with Crippen molar-refractivity contribution in [3.05, 3.63) is 18.2 Å². The number of benzene rings is 1. The first-order chi connectivity index (χ1) is 11.5. The van der Waals surface area contributed by atoms with Crippen LogP contribution in [-0.2, 0) is 19.9 Å².